The first-order valence-electron chi connectivity index (χ1n) is 11.6. The summed E-state index contributed by atoms with van der Waals surface area (Å²) in [5, 5.41) is 11.6. The van der Waals surface area contributed by atoms with Crippen molar-refractivity contribution in [3.63, 3.8) is 0 Å². The number of amides is 1. The van der Waals surface area contributed by atoms with Crippen LogP contribution in [-0.4, -0.2) is 66.4 Å². The summed E-state index contributed by atoms with van der Waals surface area (Å²) in [5.41, 5.74) is 3.46. The van der Waals surface area contributed by atoms with Crippen molar-refractivity contribution < 1.29 is 23.8 Å². The summed E-state index contributed by atoms with van der Waals surface area (Å²) in [6, 6.07) is 12.5. The molecule has 0 bridgehead atoms. The molecule has 2 N–H and O–H groups in total. The second kappa shape index (κ2) is 8.92. The normalized spacial score (nSPS) is 19.9. The number of aromatic amines is 1. The number of aliphatic hydroxyl groups is 1. The summed E-state index contributed by atoms with van der Waals surface area (Å²) in [5.74, 6) is 0.505. The zero-order valence-corrected chi connectivity index (χ0v) is 19.5. The maximum atomic E-state index is 14.6. The minimum Gasteiger partial charge on any atom is -0.497 e. The summed E-state index contributed by atoms with van der Waals surface area (Å²) < 4.78 is 24.9. The number of benzene rings is 2. The fourth-order valence-corrected chi connectivity index (χ4v) is 5.78. The molecule has 1 fully saturated rings. The van der Waals surface area contributed by atoms with E-state index in [1.807, 2.05) is 18.2 Å². The van der Waals surface area contributed by atoms with Crippen molar-refractivity contribution in [3.05, 3.63) is 65.1 Å². The van der Waals surface area contributed by atoms with Gasteiger partial charge in [0.25, 0.3) is 0 Å². The molecular formula is C26H30FN3O4. The first kappa shape index (κ1) is 22.7. The number of aliphatic hydroxyl groups excluding tert-OH is 1. The van der Waals surface area contributed by atoms with Crippen LogP contribution in [-0.2, 0) is 16.7 Å². The lowest BCUT2D eigenvalue weighted by Gasteiger charge is -2.50. The highest BCUT2D eigenvalue weighted by molar-refractivity contribution is 5.88. The van der Waals surface area contributed by atoms with Gasteiger partial charge in [-0.1, -0.05) is 18.2 Å². The number of rotatable bonds is 4. The lowest BCUT2D eigenvalue weighted by Crippen LogP contribution is -2.54. The topological polar surface area (TPSA) is 78.0 Å². The van der Waals surface area contributed by atoms with Gasteiger partial charge < -0.3 is 24.5 Å². The fourth-order valence-electron chi connectivity index (χ4n) is 5.78. The average Bonchev–Trinajstić information content (AvgIpc) is 3.25. The summed E-state index contributed by atoms with van der Waals surface area (Å²) >= 11 is 0. The van der Waals surface area contributed by atoms with Gasteiger partial charge in [0, 0.05) is 59.8 Å². The van der Waals surface area contributed by atoms with E-state index in [-0.39, 0.29) is 30.0 Å². The largest absolute Gasteiger partial charge is 0.497 e. The van der Waals surface area contributed by atoms with E-state index in [2.05, 4.69) is 16.0 Å². The highest BCUT2D eigenvalue weighted by Gasteiger charge is 2.48. The molecule has 0 radical (unpaired) electrons. The predicted octanol–water partition coefficient (Wildman–Crippen LogP) is 3.96. The Balaban J connectivity index is 1.60. The Morgan fingerprint density at radius 1 is 1.21 bits per heavy atom. The second-order valence-corrected chi connectivity index (χ2v) is 9.26. The molecule has 1 saturated heterocycles. The molecule has 2 aliphatic heterocycles. The van der Waals surface area contributed by atoms with Crippen LogP contribution in [0.25, 0.3) is 10.9 Å². The van der Waals surface area contributed by atoms with E-state index in [4.69, 9.17) is 9.47 Å². The molecule has 2 aliphatic rings. The number of carbonyl (C=O) groups is 1. The van der Waals surface area contributed by atoms with Crippen LogP contribution < -0.4 is 4.74 Å². The van der Waals surface area contributed by atoms with Crippen LogP contribution in [0.3, 0.4) is 0 Å². The molecule has 2 aromatic carbocycles. The van der Waals surface area contributed by atoms with Crippen LogP contribution in [0, 0.1) is 5.82 Å². The summed E-state index contributed by atoms with van der Waals surface area (Å²) in [6.45, 7) is 2.11. The van der Waals surface area contributed by atoms with E-state index in [0.29, 0.717) is 31.7 Å². The molecular weight excluding hydrogens is 437 g/mol. The zero-order valence-electron chi connectivity index (χ0n) is 19.5. The number of likely N-dealkylation sites (tertiary alicyclic amines) is 1. The van der Waals surface area contributed by atoms with Gasteiger partial charge in [-0.05, 0) is 36.6 Å². The number of fused-ring (bicyclic) bond motifs is 4. The van der Waals surface area contributed by atoms with Gasteiger partial charge in [-0.2, -0.15) is 0 Å². The third kappa shape index (κ3) is 3.71. The smallest absolute Gasteiger partial charge is 0.409 e. The number of nitrogens with one attached hydrogen (secondary N) is 1. The Kier molecular flexibility index (Phi) is 5.95. The van der Waals surface area contributed by atoms with Crippen LogP contribution >= 0.6 is 0 Å². The van der Waals surface area contributed by atoms with Crippen molar-refractivity contribution in [1.82, 2.24) is 14.8 Å². The van der Waals surface area contributed by atoms with Crippen LogP contribution in [0.2, 0.25) is 0 Å². The highest BCUT2D eigenvalue weighted by Crippen LogP contribution is 2.49. The Hall–Kier alpha value is -3.10. The molecule has 0 aliphatic carbocycles. The molecule has 1 amide bonds. The minimum absolute atomic E-state index is 0.0875. The van der Waals surface area contributed by atoms with Gasteiger partial charge >= 0.3 is 6.09 Å². The van der Waals surface area contributed by atoms with Crippen molar-refractivity contribution in [1.29, 1.82) is 0 Å². The second-order valence-electron chi connectivity index (χ2n) is 9.26. The maximum Gasteiger partial charge on any atom is 0.409 e. The lowest BCUT2D eigenvalue weighted by molar-refractivity contribution is 0.0407. The number of H-pyrrole nitrogens is 1. The molecule has 5 rings (SSSR count). The third-order valence-corrected chi connectivity index (χ3v) is 7.50. The molecule has 0 saturated carbocycles. The van der Waals surface area contributed by atoms with Crippen LogP contribution in [0.15, 0.2) is 42.5 Å². The first-order chi connectivity index (χ1) is 16.5. The van der Waals surface area contributed by atoms with Crippen molar-refractivity contribution >= 4 is 17.0 Å². The van der Waals surface area contributed by atoms with Crippen molar-refractivity contribution in [3.8, 4) is 5.75 Å². The van der Waals surface area contributed by atoms with Gasteiger partial charge in [0.2, 0.25) is 0 Å². The van der Waals surface area contributed by atoms with Gasteiger partial charge in [0.1, 0.15) is 11.6 Å². The number of hydrogen-bond acceptors (Lipinski definition) is 5. The van der Waals surface area contributed by atoms with Crippen LogP contribution in [0.4, 0.5) is 9.18 Å². The highest BCUT2D eigenvalue weighted by atomic mass is 19.1. The summed E-state index contributed by atoms with van der Waals surface area (Å²) in [4.78, 5) is 19.6. The van der Waals surface area contributed by atoms with E-state index >= 15 is 0 Å². The third-order valence-electron chi connectivity index (χ3n) is 7.50. The molecule has 7 nitrogen and oxygen atoms in total. The van der Waals surface area contributed by atoms with Gasteiger partial charge in [0.15, 0.2) is 0 Å². The first-order valence-corrected chi connectivity index (χ1v) is 11.6. The van der Waals surface area contributed by atoms with Gasteiger partial charge in [-0.15, -0.1) is 0 Å². The van der Waals surface area contributed by atoms with E-state index in [1.54, 1.807) is 24.1 Å². The Bertz CT molecular complexity index is 1200. The van der Waals surface area contributed by atoms with E-state index < -0.39 is 0 Å². The van der Waals surface area contributed by atoms with E-state index in [9.17, 15) is 14.3 Å². The number of piperidine rings is 1. The molecule has 34 heavy (non-hydrogen) atoms. The number of halogens is 1. The predicted molar refractivity (Wildman–Crippen MR) is 126 cm³/mol. The van der Waals surface area contributed by atoms with E-state index in [1.165, 1.54) is 18.7 Å². The average molecular weight is 468 g/mol. The molecule has 3 heterocycles. The minimum atomic E-state index is -0.314. The van der Waals surface area contributed by atoms with Gasteiger partial charge in [0.05, 0.1) is 26.9 Å². The SMILES string of the molecule is COC(=O)N1CCC2(CC1)CN(Cc1ccccc1F)C(CO)c1[nH]c3cc(OC)ccc3c12. The Morgan fingerprint density at radius 3 is 2.65 bits per heavy atom. The van der Waals surface area contributed by atoms with Crippen molar-refractivity contribution in [2.24, 2.45) is 0 Å². The van der Waals surface area contributed by atoms with Gasteiger partial charge in [-0.3, -0.25) is 4.90 Å². The molecule has 1 aromatic heterocycles. The number of aromatic nitrogens is 1. The van der Waals surface area contributed by atoms with Crippen molar-refractivity contribution in [2.45, 2.75) is 30.8 Å². The molecule has 1 unspecified atom stereocenters. The fraction of sp³-hybridized carbons (Fsp3) is 0.423. The Morgan fingerprint density at radius 2 is 1.97 bits per heavy atom. The quantitative estimate of drug-likeness (QED) is 0.607. The maximum absolute atomic E-state index is 14.6. The van der Waals surface area contributed by atoms with Crippen LogP contribution in [0.5, 0.6) is 5.75 Å². The molecule has 1 spiro atoms. The number of hydrogen-bond donors (Lipinski definition) is 2. The number of carbonyl (C=O) groups excluding carboxylic acids is 1. The zero-order chi connectivity index (χ0) is 23.9. The van der Waals surface area contributed by atoms with Gasteiger partial charge in [-0.25, -0.2) is 9.18 Å². The number of nitrogens with zero attached hydrogens (tertiary/aromatic N) is 2. The van der Waals surface area contributed by atoms with E-state index in [0.717, 1.165) is 35.2 Å². The monoisotopic (exact) mass is 467 g/mol. The summed E-state index contributed by atoms with van der Waals surface area (Å²) in [7, 11) is 3.04. The molecule has 8 heteroatoms. The molecule has 3 aromatic rings. The lowest BCUT2D eigenvalue weighted by atomic mass is 9.68. The Labute approximate surface area is 198 Å². The molecule has 180 valence electrons. The number of methoxy groups -OCH3 is 2. The molecule has 1 atom stereocenters. The van der Waals surface area contributed by atoms with Crippen LogP contribution in [0.1, 0.15) is 35.7 Å². The summed E-state index contributed by atoms with van der Waals surface area (Å²) in [6.07, 6.45) is 1.19. The standard InChI is InChI=1S/C26H30FN3O4/c1-33-18-7-8-19-21(13-18)28-24-22(15-31)30(14-17-5-3-4-6-20(17)27)16-26(23(19)24)9-11-29(12-10-26)25(32)34-2/h3-8,13,22,28,31H,9-12,14-16H2,1-2H3. The van der Waals surface area contributed by atoms with Crippen molar-refractivity contribution in [2.75, 3.05) is 40.5 Å². The number of ether oxygens (including phenoxy) is 2.